The van der Waals surface area contributed by atoms with E-state index in [1.165, 1.54) is 0 Å². The van der Waals surface area contributed by atoms with Crippen LogP contribution in [0, 0.1) is 0 Å². The Bertz CT molecular complexity index is 590. The minimum atomic E-state index is -0.811. The topological polar surface area (TPSA) is 24.7 Å². The van der Waals surface area contributed by atoms with Gasteiger partial charge in [0.2, 0.25) is 0 Å². The van der Waals surface area contributed by atoms with Gasteiger partial charge in [0.1, 0.15) is 6.17 Å². The molecule has 0 aliphatic rings. The lowest BCUT2D eigenvalue weighted by Gasteiger charge is -2.05. The number of aliphatic imine (C=N–C) groups is 2. The third-order valence-electron chi connectivity index (χ3n) is 3.32. The highest BCUT2D eigenvalue weighted by atomic mass is 19.1. The molecule has 0 spiro atoms. The van der Waals surface area contributed by atoms with Gasteiger partial charge in [0.15, 0.2) is 0 Å². The smallest absolute Gasteiger partial charge is 0.101 e. The van der Waals surface area contributed by atoms with E-state index in [0.717, 1.165) is 28.1 Å². The molecular weight excluding hydrogens is 275 g/mol. The zero-order chi connectivity index (χ0) is 16.5. The third kappa shape index (κ3) is 6.17. The molecule has 0 aliphatic heterocycles. The quantitative estimate of drug-likeness (QED) is 0.628. The third-order valence-corrected chi connectivity index (χ3v) is 3.32. The largest absolute Gasteiger partial charge is 0.260 e. The summed E-state index contributed by atoms with van der Waals surface area (Å²) in [6.45, 7) is 9.41. The van der Waals surface area contributed by atoms with Crippen molar-refractivity contribution in [1.29, 1.82) is 0 Å². The molecule has 22 heavy (non-hydrogen) atoms. The summed E-state index contributed by atoms with van der Waals surface area (Å²) in [6.07, 6.45) is 5.14. The van der Waals surface area contributed by atoms with Crippen LogP contribution < -0.4 is 0 Å². The second-order valence-corrected chi connectivity index (χ2v) is 5.41. The van der Waals surface area contributed by atoms with Gasteiger partial charge in [0.25, 0.3) is 0 Å². The summed E-state index contributed by atoms with van der Waals surface area (Å²) in [5.74, 6) is 0. The van der Waals surface area contributed by atoms with E-state index in [2.05, 4.69) is 9.98 Å². The van der Waals surface area contributed by atoms with Gasteiger partial charge in [0.05, 0.1) is 11.4 Å². The number of hydrogen-bond acceptors (Lipinski definition) is 2. The van der Waals surface area contributed by atoms with Gasteiger partial charge in [0, 0.05) is 18.8 Å². The van der Waals surface area contributed by atoms with E-state index < -0.39 is 6.17 Å². The van der Waals surface area contributed by atoms with Crippen LogP contribution in [0.4, 0.5) is 4.39 Å². The van der Waals surface area contributed by atoms with Gasteiger partial charge in [-0.25, -0.2) is 4.39 Å². The van der Waals surface area contributed by atoms with E-state index in [1.54, 1.807) is 13.1 Å². The fourth-order valence-corrected chi connectivity index (χ4v) is 1.87. The molecule has 1 unspecified atom stereocenters. The molecule has 0 saturated heterocycles. The zero-order valence-corrected chi connectivity index (χ0v) is 14.1. The van der Waals surface area contributed by atoms with E-state index in [1.807, 2.05) is 64.2 Å². The summed E-state index contributed by atoms with van der Waals surface area (Å²) in [4.78, 5) is 8.73. The molecule has 1 atom stereocenters. The number of benzene rings is 1. The molecule has 0 saturated carbocycles. The average Bonchev–Trinajstić information content (AvgIpc) is 2.50. The summed E-state index contributed by atoms with van der Waals surface area (Å²) in [7, 11) is 0. The van der Waals surface area contributed by atoms with Crippen molar-refractivity contribution in [3.8, 4) is 0 Å². The molecule has 1 aromatic rings. The summed E-state index contributed by atoms with van der Waals surface area (Å²) >= 11 is 0. The Hall–Kier alpha value is -2.03. The summed E-state index contributed by atoms with van der Waals surface area (Å²) in [6, 6.07) is 7.96. The Kier molecular flexibility index (Phi) is 7.44. The van der Waals surface area contributed by atoms with Crippen LogP contribution in [0.15, 0.2) is 52.7 Å². The fraction of sp³-hybridized carbons (Fsp3) is 0.368. The minimum Gasteiger partial charge on any atom is -0.260 e. The van der Waals surface area contributed by atoms with E-state index in [-0.39, 0.29) is 0 Å². The first-order valence-corrected chi connectivity index (χ1v) is 7.54. The Morgan fingerprint density at radius 3 is 2.23 bits per heavy atom. The first-order chi connectivity index (χ1) is 10.4. The van der Waals surface area contributed by atoms with E-state index >= 15 is 0 Å². The maximum atomic E-state index is 13.0. The molecular formula is C19H25FN2. The highest BCUT2D eigenvalue weighted by Gasteiger charge is 2.02. The first-order valence-electron chi connectivity index (χ1n) is 7.54. The van der Waals surface area contributed by atoms with Crippen LogP contribution in [0.5, 0.6) is 0 Å². The van der Waals surface area contributed by atoms with E-state index in [4.69, 9.17) is 0 Å². The molecule has 1 aromatic carbocycles. The van der Waals surface area contributed by atoms with Crippen molar-refractivity contribution in [2.45, 2.75) is 47.2 Å². The Morgan fingerprint density at radius 2 is 1.68 bits per heavy atom. The van der Waals surface area contributed by atoms with E-state index in [0.29, 0.717) is 6.42 Å². The van der Waals surface area contributed by atoms with Gasteiger partial charge in [-0.2, -0.15) is 0 Å². The average molecular weight is 300 g/mol. The summed E-state index contributed by atoms with van der Waals surface area (Å²) in [5, 5.41) is 0. The normalized spacial score (nSPS) is 15.5. The SMILES string of the molecule is C/C=C\N=C(C)C(C)=N/C=C(\C)c1ccc(CC(C)F)cc1. The highest BCUT2D eigenvalue weighted by Crippen LogP contribution is 2.16. The predicted molar refractivity (Wildman–Crippen MR) is 95.4 cm³/mol. The molecule has 0 radical (unpaired) electrons. The minimum absolute atomic E-state index is 0.459. The lowest BCUT2D eigenvalue weighted by molar-refractivity contribution is 0.360. The van der Waals surface area contributed by atoms with Crippen molar-refractivity contribution in [2.75, 3.05) is 0 Å². The molecule has 0 N–H and O–H groups in total. The zero-order valence-electron chi connectivity index (χ0n) is 14.1. The van der Waals surface area contributed by atoms with Gasteiger partial charge in [-0.3, -0.25) is 9.98 Å². The Labute approximate surface area is 133 Å². The molecule has 2 nitrogen and oxygen atoms in total. The van der Waals surface area contributed by atoms with Gasteiger partial charge >= 0.3 is 0 Å². The van der Waals surface area contributed by atoms with Crippen molar-refractivity contribution in [2.24, 2.45) is 9.98 Å². The van der Waals surface area contributed by atoms with Crippen molar-refractivity contribution >= 4 is 17.0 Å². The maximum absolute atomic E-state index is 13.0. The number of hydrogen-bond donors (Lipinski definition) is 0. The molecule has 1 rings (SSSR count). The molecule has 118 valence electrons. The molecule has 0 amide bonds. The lowest BCUT2D eigenvalue weighted by atomic mass is 10.0. The first kappa shape index (κ1) is 18.0. The second-order valence-electron chi connectivity index (χ2n) is 5.41. The molecule has 3 heteroatoms. The number of alkyl halides is 1. The van der Waals surface area contributed by atoms with Crippen LogP contribution in [-0.4, -0.2) is 17.6 Å². The molecule has 0 aliphatic carbocycles. The Morgan fingerprint density at radius 1 is 1.09 bits per heavy atom. The number of nitrogens with zero attached hydrogens (tertiary/aromatic N) is 2. The molecule has 0 aromatic heterocycles. The van der Waals surface area contributed by atoms with Crippen LogP contribution in [0.3, 0.4) is 0 Å². The van der Waals surface area contributed by atoms with Gasteiger partial charge in [-0.05, 0) is 51.3 Å². The van der Waals surface area contributed by atoms with Crippen LogP contribution in [0.1, 0.15) is 45.7 Å². The fourth-order valence-electron chi connectivity index (χ4n) is 1.87. The van der Waals surface area contributed by atoms with Crippen molar-refractivity contribution in [1.82, 2.24) is 0 Å². The predicted octanol–water partition coefficient (Wildman–Crippen LogP) is 5.40. The number of halogens is 1. The van der Waals surface area contributed by atoms with Crippen molar-refractivity contribution in [3.63, 3.8) is 0 Å². The van der Waals surface area contributed by atoms with Gasteiger partial charge in [-0.1, -0.05) is 30.3 Å². The van der Waals surface area contributed by atoms with Crippen LogP contribution >= 0.6 is 0 Å². The summed E-state index contributed by atoms with van der Waals surface area (Å²) in [5.41, 5.74) is 4.96. The van der Waals surface area contributed by atoms with Gasteiger partial charge < -0.3 is 0 Å². The highest BCUT2D eigenvalue weighted by molar-refractivity contribution is 6.40. The number of rotatable bonds is 6. The molecule has 0 heterocycles. The second kappa shape index (κ2) is 9.08. The number of allylic oxidation sites excluding steroid dienone is 2. The monoisotopic (exact) mass is 300 g/mol. The molecule has 0 bridgehead atoms. The Balaban J connectivity index is 2.84. The maximum Gasteiger partial charge on any atom is 0.101 e. The molecule has 0 fully saturated rings. The van der Waals surface area contributed by atoms with Gasteiger partial charge in [-0.15, -0.1) is 0 Å². The van der Waals surface area contributed by atoms with E-state index in [9.17, 15) is 4.39 Å². The van der Waals surface area contributed by atoms with Crippen molar-refractivity contribution < 1.29 is 4.39 Å². The van der Waals surface area contributed by atoms with Crippen molar-refractivity contribution in [3.05, 3.63) is 53.9 Å². The lowest BCUT2D eigenvalue weighted by Crippen LogP contribution is -2.04. The van der Waals surface area contributed by atoms with Crippen LogP contribution in [0.25, 0.3) is 5.57 Å². The summed E-state index contributed by atoms with van der Waals surface area (Å²) < 4.78 is 13.0. The standard InChI is InChI=1S/C19H25FN2/c1-6-11-21-16(4)17(5)22-13-14(2)19-9-7-18(8-10-19)12-15(3)20/h6-11,13,15H,12H2,1-5H3/b11-6-,14-13+,21-16?,22-17?. The van der Waals surface area contributed by atoms with Crippen LogP contribution in [-0.2, 0) is 6.42 Å². The van der Waals surface area contributed by atoms with Crippen LogP contribution in [0.2, 0.25) is 0 Å².